The second kappa shape index (κ2) is 4.04. The van der Waals surface area contributed by atoms with Gasteiger partial charge in [0.1, 0.15) is 5.60 Å². The van der Waals surface area contributed by atoms with Crippen molar-refractivity contribution >= 4 is 11.3 Å². The predicted octanol–water partition coefficient (Wildman–Crippen LogP) is 3.62. The lowest BCUT2D eigenvalue weighted by Gasteiger charge is -2.24. The lowest BCUT2D eigenvalue weighted by atomic mass is 9.87. The first-order chi connectivity index (χ1) is 7.51. The molecule has 0 saturated carbocycles. The molecule has 2 heteroatoms. The highest BCUT2D eigenvalue weighted by molar-refractivity contribution is 7.10. The predicted molar refractivity (Wildman–Crippen MR) is 68.9 cm³/mol. The van der Waals surface area contributed by atoms with E-state index in [9.17, 15) is 5.11 Å². The van der Waals surface area contributed by atoms with Gasteiger partial charge in [0.05, 0.1) is 0 Å². The Kier molecular flexibility index (Phi) is 2.87. The van der Waals surface area contributed by atoms with Crippen LogP contribution in [0, 0.1) is 13.8 Å². The maximum absolute atomic E-state index is 10.7. The number of benzene rings is 1. The molecule has 0 radical (unpaired) electrons. The van der Waals surface area contributed by atoms with Gasteiger partial charge >= 0.3 is 0 Å². The van der Waals surface area contributed by atoms with E-state index in [1.54, 1.807) is 11.3 Å². The van der Waals surface area contributed by atoms with Crippen molar-refractivity contribution in [2.45, 2.75) is 26.4 Å². The van der Waals surface area contributed by atoms with E-state index >= 15 is 0 Å². The molecular formula is C14H16OS. The molecule has 0 aliphatic rings. The number of aryl methyl sites for hydroxylation is 2. The van der Waals surface area contributed by atoms with Crippen LogP contribution in [0.15, 0.2) is 35.7 Å². The Morgan fingerprint density at radius 2 is 1.88 bits per heavy atom. The first-order valence-electron chi connectivity index (χ1n) is 5.36. The molecule has 1 unspecified atom stereocenters. The summed E-state index contributed by atoms with van der Waals surface area (Å²) in [5.41, 5.74) is 2.18. The Morgan fingerprint density at radius 3 is 2.44 bits per heavy atom. The van der Waals surface area contributed by atoms with Gasteiger partial charge < -0.3 is 5.11 Å². The van der Waals surface area contributed by atoms with Crippen LogP contribution in [0.1, 0.15) is 28.5 Å². The first kappa shape index (κ1) is 11.4. The fourth-order valence-corrected chi connectivity index (χ4v) is 2.78. The molecule has 0 aliphatic heterocycles. The van der Waals surface area contributed by atoms with E-state index in [0.29, 0.717) is 0 Å². The summed E-state index contributed by atoms with van der Waals surface area (Å²) in [4.78, 5) is 1.23. The molecule has 16 heavy (non-hydrogen) atoms. The van der Waals surface area contributed by atoms with Gasteiger partial charge in [-0.15, -0.1) is 11.3 Å². The van der Waals surface area contributed by atoms with Crippen LogP contribution in [0.3, 0.4) is 0 Å². The van der Waals surface area contributed by atoms with Crippen molar-refractivity contribution < 1.29 is 5.11 Å². The summed E-state index contributed by atoms with van der Waals surface area (Å²) in [6.45, 7) is 5.95. The molecule has 1 aromatic heterocycles. The summed E-state index contributed by atoms with van der Waals surface area (Å²) in [5, 5.41) is 12.7. The van der Waals surface area contributed by atoms with Crippen molar-refractivity contribution in [2.24, 2.45) is 0 Å². The lowest BCUT2D eigenvalue weighted by Crippen LogP contribution is -2.23. The molecule has 84 valence electrons. The van der Waals surface area contributed by atoms with E-state index in [1.165, 1.54) is 4.88 Å². The molecule has 0 aliphatic carbocycles. The van der Waals surface area contributed by atoms with Crippen LogP contribution in [0.5, 0.6) is 0 Å². The minimum atomic E-state index is -0.893. The minimum absolute atomic E-state index is 0.893. The van der Waals surface area contributed by atoms with Gasteiger partial charge in [-0.25, -0.2) is 0 Å². The third-order valence-corrected chi connectivity index (χ3v) is 3.82. The largest absolute Gasteiger partial charge is 0.381 e. The lowest BCUT2D eigenvalue weighted by molar-refractivity contribution is 0.102. The Labute approximate surface area is 100 Å². The SMILES string of the molecule is Cc1cc(C(C)(O)c2ccccc2C)cs1. The monoisotopic (exact) mass is 232 g/mol. The molecule has 2 rings (SSSR count). The topological polar surface area (TPSA) is 20.2 Å². The third kappa shape index (κ3) is 1.91. The molecule has 1 nitrogen and oxygen atoms in total. The minimum Gasteiger partial charge on any atom is -0.381 e. The van der Waals surface area contributed by atoms with Gasteiger partial charge in [0.2, 0.25) is 0 Å². The normalized spacial score (nSPS) is 14.8. The second-order valence-electron chi connectivity index (χ2n) is 4.33. The number of hydrogen-bond acceptors (Lipinski definition) is 2. The summed E-state index contributed by atoms with van der Waals surface area (Å²) in [7, 11) is 0. The van der Waals surface area contributed by atoms with E-state index in [1.807, 2.05) is 43.5 Å². The van der Waals surface area contributed by atoms with Gasteiger partial charge in [0.25, 0.3) is 0 Å². The maximum Gasteiger partial charge on any atom is 0.113 e. The van der Waals surface area contributed by atoms with Crippen molar-refractivity contribution in [3.63, 3.8) is 0 Å². The quantitative estimate of drug-likeness (QED) is 0.838. The van der Waals surface area contributed by atoms with Crippen LogP contribution in [0.25, 0.3) is 0 Å². The van der Waals surface area contributed by atoms with Crippen LogP contribution in [0.4, 0.5) is 0 Å². The van der Waals surface area contributed by atoms with Gasteiger partial charge in [-0.05, 0) is 48.9 Å². The molecule has 2 aromatic rings. The van der Waals surface area contributed by atoms with E-state index in [2.05, 4.69) is 13.0 Å². The molecule has 1 N–H and O–H groups in total. The highest BCUT2D eigenvalue weighted by atomic mass is 32.1. The zero-order valence-corrected chi connectivity index (χ0v) is 10.6. The number of aliphatic hydroxyl groups is 1. The average molecular weight is 232 g/mol. The summed E-state index contributed by atoms with van der Waals surface area (Å²) in [6.07, 6.45) is 0. The van der Waals surface area contributed by atoms with E-state index < -0.39 is 5.60 Å². The molecule has 0 fully saturated rings. The summed E-state index contributed by atoms with van der Waals surface area (Å²) < 4.78 is 0. The fourth-order valence-electron chi connectivity index (χ4n) is 1.97. The van der Waals surface area contributed by atoms with Crippen LogP contribution in [0.2, 0.25) is 0 Å². The average Bonchev–Trinajstić information content (AvgIpc) is 2.66. The highest BCUT2D eigenvalue weighted by Crippen LogP contribution is 2.33. The van der Waals surface area contributed by atoms with E-state index in [4.69, 9.17) is 0 Å². The highest BCUT2D eigenvalue weighted by Gasteiger charge is 2.27. The van der Waals surface area contributed by atoms with Gasteiger partial charge in [-0.3, -0.25) is 0 Å². The molecule has 0 saturated heterocycles. The van der Waals surface area contributed by atoms with Gasteiger partial charge in [0, 0.05) is 4.88 Å². The molecule has 0 spiro atoms. The molecule has 0 bridgehead atoms. The number of hydrogen-bond donors (Lipinski definition) is 1. The Balaban J connectivity index is 2.50. The maximum atomic E-state index is 10.7. The first-order valence-corrected chi connectivity index (χ1v) is 6.24. The summed E-state index contributed by atoms with van der Waals surface area (Å²) in [5.74, 6) is 0. The van der Waals surface area contributed by atoms with Gasteiger partial charge in [-0.1, -0.05) is 24.3 Å². The van der Waals surface area contributed by atoms with Crippen molar-refractivity contribution in [1.82, 2.24) is 0 Å². The zero-order valence-electron chi connectivity index (χ0n) is 9.82. The standard InChI is InChI=1S/C14H16OS/c1-10-6-4-5-7-13(10)14(3,15)12-8-11(2)16-9-12/h4-9,15H,1-3H3. The molecule has 1 atom stereocenters. The van der Waals surface area contributed by atoms with Gasteiger partial charge in [-0.2, -0.15) is 0 Å². The van der Waals surface area contributed by atoms with Crippen LogP contribution >= 0.6 is 11.3 Å². The van der Waals surface area contributed by atoms with Crippen molar-refractivity contribution in [3.05, 3.63) is 57.3 Å². The second-order valence-corrected chi connectivity index (χ2v) is 5.45. The van der Waals surface area contributed by atoms with Crippen LogP contribution < -0.4 is 0 Å². The van der Waals surface area contributed by atoms with Crippen molar-refractivity contribution in [2.75, 3.05) is 0 Å². The van der Waals surface area contributed by atoms with Crippen LogP contribution in [-0.2, 0) is 5.60 Å². The van der Waals surface area contributed by atoms with E-state index in [-0.39, 0.29) is 0 Å². The Hall–Kier alpha value is -1.12. The Bertz CT molecular complexity index is 497. The molecular weight excluding hydrogens is 216 g/mol. The summed E-state index contributed by atoms with van der Waals surface area (Å²) >= 11 is 1.67. The van der Waals surface area contributed by atoms with Crippen molar-refractivity contribution in [1.29, 1.82) is 0 Å². The van der Waals surface area contributed by atoms with Crippen LogP contribution in [-0.4, -0.2) is 5.11 Å². The molecule has 0 amide bonds. The number of rotatable bonds is 2. The van der Waals surface area contributed by atoms with Crippen molar-refractivity contribution in [3.8, 4) is 0 Å². The number of thiophene rings is 1. The third-order valence-electron chi connectivity index (χ3n) is 2.96. The molecule has 1 aromatic carbocycles. The van der Waals surface area contributed by atoms with E-state index in [0.717, 1.165) is 16.7 Å². The van der Waals surface area contributed by atoms with Gasteiger partial charge in [0.15, 0.2) is 0 Å². The fraction of sp³-hybridized carbons (Fsp3) is 0.286. The Morgan fingerprint density at radius 1 is 1.19 bits per heavy atom. The summed E-state index contributed by atoms with van der Waals surface area (Å²) in [6, 6.07) is 10.0. The zero-order chi connectivity index (χ0) is 11.8. The molecule has 1 heterocycles. The smallest absolute Gasteiger partial charge is 0.113 e.